The number of hydrogen-bond acceptors (Lipinski definition) is 6. The molecule has 29 heavy (non-hydrogen) atoms. The summed E-state index contributed by atoms with van der Waals surface area (Å²) >= 11 is 0. The van der Waals surface area contributed by atoms with Crippen LogP contribution in [-0.4, -0.2) is 61.7 Å². The molecule has 1 aromatic rings. The van der Waals surface area contributed by atoms with Gasteiger partial charge in [-0.25, -0.2) is 9.69 Å². The molecule has 1 heterocycles. The van der Waals surface area contributed by atoms with Crippen LogP contribution in [0.1, 0.15) is 33.6 Å². The molecule has 0 aliphatic carbocycles. The quantitative estimate of drug-likeness (QED) is 0.369. The van der Waals surface area contributed by atoms with Crippen LogP contribution >= 0.6 is 0 Å². The molecule has 1 atom stereocenters. The molecule has 1 aliphatic heterocycles. The number of barbiturate groups is 1. The van der Waals surface area contributed by atoms with E-state index in [9.17, 15) is 14.4 Å². The Balaban J connectivity index is 2.18. The zero-order chi connectivity index (χ0) is 21.4. The summed E-state index contributed by atoms with van der Waals surface area (Å²) in [6.07, 6.45) is 1.30. The summed E-state index contributed by atoms with van der Waals surface area (Å²) in [6.45, 7) is 9.48. The maximum absolute atomic E-state index is 13.1. The fraction of sp³-hybridized carbons (Fsp3) is 0.524. The third-order valence-electron chi connectivity index (χ3n) is 5.03. The molecule has 1 saturated heterocycles. The summed E-state index contributed by atoms with van der Waals surface area (Å²) in [4.78, 5) is 45.6. The first-order valence-corrected chi connectivity index (χ1v) is 10.0. The van der Waals surface area contributed by atoms with Gasteiger partial charge in [0, 0.05) is 12.3 Å². The third kappa shape index (κ3) is 5.41. The van der Waals surface area contributed by atoms with Crippen LogP contribution in [0, 0.1) is 5.92 Å². The number of anilines is 1. The number of nitrogens with one attached hydrogen (secondary N) is 1. The highest BCUT2D eigenvalue weighted by molar-refractivity contribution is 6.35. The lowest BCUT2D eigenvalue weighted by molar-refractivity contribution is -0.131. The van der Waals surface area contributed by atoms with E-state index in [1.54, 1.807) is 24.3 Å². The van der Waals surface area contributed by atoms with E-state index in [0.717, 1.165) is 31.0 Å². The van der Waals surface area contributed by atoms with Crippen molar-refractivity contribution in [2.45, 2.75) is 33.6 Å². The van der Waals surface area contributed by atoms with Crippen LogP contribution in [0.2, 0.25) is 0 Å². The number of hydrogen-bond donors (Lipinski definition) is 1. The normalized spacial score (nSPS) is 17.7. The first-order chi connectivity index (χ1) is 14.0. The number of carbonyl (C=O) groups excluding carboxylic acids is 3. The average Bonchev–Trinajstić information content (AvgIpc) is 2.72. The van der Waals surface area contributed by atoms with E-state index in [2.05, 4.69) is 29.1 Å². The largest absolute Gasteiger partial charge is 0.497 e. The molecule has 8 nitrogen and oxygen atoms in total. The van der Waals surface area contributed by atoms with Crippen LogP contribution in [0.4, 0.5) is 10.5 Å². The summed E-state index contributed by atoms with van der Waals surface area (Å²) in [6, 6.07) is 5.78. The van der Waals surface area contributed by atoms with Gasteiger partial charge in [0.15, 0.2) is 5.92 Å². The molecule has 1 aliphatic rings. The van der Waals surface area contributed by atoms with Crippen LogP contribution in [0.5, 0.6) is 5.75 Å². The summed E-state index contributed by atoms with van der Waals surface area (Å²) < 4.78 is 5.11. The second kappa shape index (κ2) is 10.7. The lowest BCUT2D eigenvalue weighted by Crippen LogP contribution is -2.60. The minimum absolute atomic E-state index is 0.378. The Morgan fingerprint density at radius 2 is 1.79 bits per heavy atom. The lowest BCUT2D eigenvalue weighted by atomic mass is 9.96. The van der Waals surface area contributed by atoms with Gasteiger partial charge in [-0.15, -0.1) is 0 Å². The van der Waals surface area contributed by atoms with Crippen molar-refractivity contribution in [1.82, 2.24) is 10.2 Å². The topological polar surface area (TPSA) is 91.3 Å². The monoisotopic (exact) mass is 402 g/mol. The summed E-state index contributed by atoms with van der Waals surface area (Å²) in [5, 5.41) is 2.29. The molecule has 1 N–H and O–H groups in total. The molecule has 8 heteroatoms. The molecule has 2 rings (SSSR count). The minimum atomic E-state index is -1.09. The van der Waals surface area contributed by atoms with Gasteiger partial charge in [-0.2, -0.15) is 0 Å². The minimum Gasteiger partial charge on any atom is -0.497 e. The fourth-order valence-electron chi connectivity index (χ4n) is 3.31. The zero-order valence-corrected chi connectivity index (χ0v) is 17.6. The summed E-state index contributed by atoms with van der Waals surface area (Å²) in [5.41, 5.74) is 0.876. The van der Waals surface area contributed by atoms with Gasteiger partial charge in [0.25, 0.3) is 5.91 Å². The fourth-order valence-corrected chi connectivity index (χ4v) is 3.31. The highest BCUT2D eigenvalue weighted by Gasteiger charge is 2.43. The average molecular weight is 402 g/mol. The Morgan fingerprint density at radius 1 is 1.14 bits per heavy atom. The van der Waals surface area contributed by atoms with E-state index >= 15 is 0 Å². The van der Waals surface area contributed by atoms with Crippen molar-refractivity contribution in [1.29, 1.82) is 0 Å². The molecule has 4 amide bonds. The van der Waals surface area contributed by atoms with E-state index in [1.165, 1.54) is 7.11 Å². The van der Waals surface area contributed by atoms with Crippen molar-refractivity contribution >= 4 is 29.2 Å². The van der Waals surface area contributed by atoms with Gasteiger partial charge in [-0.05, 0) is 56.7 Å². The maximum Gasteiger partial charge on any atom is 0.335 e. The number of ether oxygens (including phenoxy) is 1. The van der Waals surface area contributed by atoms with Gasteiger partial charge in [-0.1, -0.05) is 20.8 Å². The number of rotatable bonds is 10. The Hall–Kier alpha value is -2.74. The van der Waals surface area contributed by atoms with E-state index in [4.69, 9.17) is 4.74 Å². The molecule has 0 radical (unpaired) electrons. The maximum atomic E-state index is 13.1. The highest BCUT2D eigenvalue weighted by Crippen LogP contribution is 2.24. The van der Waals surface area contributed by atoms with E-state index in [-0.39, 0.29) is 0 Å². The molecule has 0 spiro atoms. The molecule has 0 aromatic heterocycles. The second-order valence-electron chi connectivity index (χ2n) is 6.71. The third-order valence-corrected chi connectivity index (χ3v) is 5.03. The lowest BCUT2D eigenvalue weighted by Gasteiger charge is -2.30. The number of imide groups is 2. The van der Waals surface area contributed by atoms with Gasteiger partial charge in [0.2, 0.25) is 5.91 Å². The Bertz CT molecular complexity index is 756. The molecule has 158 valence electrons. The van der Waals surface area contributed by atoms with Gasteiger partial charge in [0.05, 0.1) is 12.8 Å². The Labute approximate surface area is 171 Å². The van der Waals surface area contributed by atoms with Crippen molar-refractivity contribution < 1.29 is 19.1 Å². The number of methoxy groups -OCH3 is 1. The second-order valence-corrected chi connectivity index (χ2v) is 6.71. The standard InChI is InChI=1S/C21H30N4O4/c1-5-17(22-13-8-14-24(6-2)7-3)18-19(26)23-21(28)25(20(18)27)15-9-11-16(29-4)12-10-15/h9-12,18H,5-8,13-14H2,1-4H3,(H,23,26,28). The van der Waals surface area contributed by atoms with Crippen molar-refractivity contribution in [2.75, 3.05) is 38.2 Å². The van der Waals surface area contributed by atoms with Crippen LogP contribution in [0.25, 0.3) is 0 Å². The number of benzene rings is 1. The van der Waals surface area contributed by atoms with Crippen LogP contribution in [0.3, 0.4) is 0 Å². The van der Waals surface area contributed by atoms with Crippen LogP contribution in [-0.2, 0) is 9.59 Å². The van der Waals surface area contributed by atoms with Crippen LogP contribution < -0.4 is 15.0 Å². The molecular formula is C21H30N4O4. The molecule has 0 saturated carbocycles. The van der Waals surface area contributed by atoms with Crippen molar-refractivity contribution in [3.63, 3.8) is 0 Å². The first kappa shape index (κ1) is 22.5. The van der Waals surface area contributed by atoms with Gasteiger partial charge < -0.3 is 9.64 Å². The van der Waals surface area contributed by atoms with Gasteiger partial charge in [-0.3, -0.25) is 19.9 Å². The summed E-state index contributed by atoms with van der Waals surface area (Å²) in [7, 11) is 1.53. The van der Waals surface area contributed by atoms with Gasteiger partial charge >= 0.3 is 6.03 Å². The predicted octanol–water partition coefficient (Wildman–Crippen LogP) is 2.48. The van der Waals surface area contributed by atoms with E-state index in [1.807, 2.05) is 6.92 Å². The van der Waals surface area contributed by atoms with E-state index in [0.29, 0.717) is 30.1 Å². The van der Waals surface area contributed by atoms with E-state index < -0.39 is 23.8 Å². The van der Waals surface area contributed by atoms with Crippen molar-refractivity contribution in [3.05, 3.63) is 24.3 Å². The first-order valence-electron chi connectivity index (χ1n) is 10.0. The smallest absolute Gasteiger partial charge is 0.335 e. The SMILES string of the molecule is CCC(=NCCCN(CC)CC)C1C(=O)NC(=O)N(c2ccc(OC)cc2)C1=O. The molecule has 1 fully saturated rings. The van der Waals surface area contributed by atoms with Gasteiger partial charge in [0.1, 0.15) is 5.75 Å². The molecule has 1 aromatic carbocycles. The molecule has 1 unspecified atom stereocenters. The Morgan fingerprint density at radius 3 is 2.34 bits per heavy atom. The zero-order valence-electron chi connectivity index (χ0n) is 17.6. The Kier molecular flexibility index (Phi) is 8.33. The molecular weight excluding hydrogens is 372 g/mol. The highest BCUT2D eigenvalue weighted by atomic mass is 16.5. The predicted molar refractivity (Wildman–Crippen MR) is 113 cm³/mol. The number of carbonyl (C=O) groups is 3. The number of amides is 4. The summed E-state index contributed by atoms with van der Waals surface area (Å²) in [5.74, 6) is -1.68. The number of urea groups is 1. The van der Waals surface area contributed by atoms with Crippen LogP contribution in [0.15, 0.2) is 29.3 Å². The van der Waals surface area contributed by atoms with Crippen molar-refractivity contribution in [2.24, 2.45) is 10.9 Å². The number of aliphatic imine (C=N–C) groups is 1. The molecule has 0 bridgehead atoms. The number of nitrogens with zero attached hydrogens (tertiary/aromatic N) is 3. The van der Waals surface area contributed by atoms with Crippen molar-refractivity contribution in [3.8, 4) is 5.75 Å².